The second-order valence-electron chi connectivity index (χ2n) is 4.55. The van der Waals surface area contributed by atoms with Crippen molar-refractivity contribution < 1.29 is 9.73 Å². The van der Waals surface area contributed by atoms with E-state index in [0.29, 0.717) is 0 Å². The average Bonchev–Trinajstić information content (AvgIpc) is 3.04. The van der Waals surface area contributed by atoms with Crippen LogP contribution in [0.1, 0.15) is 18.6 Å². The van der Waals surface area contributed by atoms with E-state index in [9.17, 15) is 0 Å². The highest BCUT2D eigenvalue weighted by molar-refractivity contribution is 6.30. The maximum atomic E-state index is 5.96. The lowest BCUT2D eigenvalue weighted by atomic mass is 10.2. The van der Waals surface area contributed by atoms with Gasteiger partial charge in [-0.2, -0.15) is 0 Å². The first-order valence-electron chi connectivity index (χ1n) is 5.99. The van der Waals surface area contributed by atoms with Crippen LogP contribution < -0.4 is 5.32 Å². The molecule has 1 aliphatic carbocycles. The zero-order chi connectivity index (χ0) is 11.7. The summed E-state index contributed by atoms with van der Waals surface area (Å²) in [5, 5.41) is 3.09. The second-order valence-corrected chi connectivity index (χ2v) is 4.99. The predicted molar refractivity (Wildman–Crippen MR) is 67.8 cm³/mol. The maximum Gasteiger partial charge on any atom is 0.158 e. The average molecular weight is 249 g/mol. The number of halogens is 1. The van der Waals surface area contributed by atoms with Gasteiger partial charge in [0.1, 0.15) is 12.3 Å². The SMILES string of the molecule is Clc1cccc(-c2ccc(C[NH2+]C3CC3)o2)c1. The van der Waals surface area contributed by atoms with Crippen LogP contribution >= 0.6 is 11.6 Å². The Morgan fingerprint density at radius 3 is 2.88 bits per heavy atom. The summed E-state index contributed by atoms with van der Waals surface area (Å²) in [5.41, 5.74) is 1.04. The summed E-state index contributed by atoms with van der Waals surface area (Å²) in [6.07, 6.45) is 2.70. The van der Waals surface area contributed by atoms with Crippen molar-refractivity contribution in [2.24, 2.45) is 0 Å². The van der Waals surface area contributed by atoms with E-state index in [-0.39, 0.29) is 0 Å². The van der Waals surface area contributed by atoms with Crippen LogP contribution in [-0.2, 0) is 6.54 Å². The standard InChI is InChI=1S/C14H14ClNO/c15-11-3-1-2-10(8-11)14-7-6-13(17-14)9-16-12-4-5-12/h1-3,6-8,12,16H,4-5,9H2/p+1. The van der Waals surface area contributed by atoms with Crippen molar-refractivity contribution in [3.05, 3.63) is 47.2 Å². The van der Waals surface area contributed by atoms with Gasteiger partial charge in [-0.05, 0) is 24.3 Å². The summed E-state index contributed by atoms with van der Waals surface area (Å²) in [5.74, 6) is 1.93. The zero-order valence-corrected chi connectivity index (χ0v) is 10.3. The first-order chi connectivity index (χ1) is 8.31. The number of rotatable bonds is 4. The Morgan fingerprint density at radius 1 is 1.24 bits per heavy atom. The van der Waals surface area contributed by atoms with Gasteiger partial charge in [-0.15, -0.1) is 0 Å². The minimum Gasteiger partial charge on any atom is -0.455 e. The highest BCUT2D eigenvalue weighted by atomic mass is 35.5. The summed E-state index contributed by atoms with van der Waals surface area (Å²) in [6.45, 7) is 0.936. The molecule has 2 aromatic rings. The van der Waals surface area contributed by atoms with Gasteiger partial charge in [0.15, 0.2) is 5.76 Å². The quantitative estimate of drug-likeness (QED) is 0.886. The third-order valence-corrected chi connectivity index (χ3v) is 3.28. The number of nitrogens with two attached hydrogens (primary N) is 1. The van der Waals surface area contributed by atoms with E-state index in [4.69, 9.17) is 16.0 Å². The highest BCUT2D eigenvalue weighted by Crippen LogP contribution is 2.24. The Morgan fingerprint density at radius 2 is 2.12 bits per heavy atom. The van der Waals surface area contributed by atoms with Crippen LogP contribution in [0.15, 0.2) is 40.8 Å². The van der Waals surface area contributed by atoms with Crippen LogP contribution in [0, 0.1) is 0 Å². The molecule has 0 spiro atoms. The Hall–Kier alpha value is -1.25. The molecule has 0 unspecified atom stereocenters. The van der Waals surface area contributed by atoms with E-state index < -0.39 is 0 Å². The van der Waals surface area contributed by atoms with Crippen molar-refractivity contribution in [3.8, 4) is 11.3 Å². The fourth-order valence-corrected chi connectivity index (χ4v) is 2.09. The molecule has 0 amide bonds. The molecular formula is C14H15ClNO+. The largest absolute Gasteiger partial charge is 0.455 e. The van der Waals surface area contributed by atoms with Gasteiger partial charge in [-0.3, -0.25) is 0 Å². The van der Waals surface area contributed by atoms with Crippen LogP contribution in [0.2, 0.25) is 5.02 Å². The van der Waals surface area contributed by atoms with Gasteiger partial charge < -0.3 is 9.73 Å². The van der Waals surface area contributed by atoms with Crippen molar-refractivity contribution in [2.45, 2.75) is 25.4 Å². The first kappa shape index (κ1) is 10.9. The van der Waals surface area contributed by atoms with Crippen LogP contribution in [0.4, 0.5) is 0 Å². The molecule has 1 heterocycles. The van der Waals surface area contributed by atoms with E-state index in [0.717, 1.165) is 34.7 Å². The fraction of sp³-hybridized carbons (Fsp3) is 0.286. The molecule has 1 aromatic heterocycles. The topological polar surface area (TPSA) is 29.8 Å². The van der Waals surface area contributed by atoms with Crippen molar-refractivity contribution >= 4 is 11.6 Å². The van der Waals surface area contributed by atoms with Gasteiger partial charge in [-0.25, -0.2) is 0 Å². The third-order valence-electron chi connectivity index (χ3n) is 3.05. The molecule has 0 radical (unpaired) electrons. The van der Waals surface area contributed by atoms with Crippen LogP contribution in [-0.4, -0.2) is 6.04 Å². The summed E-state index contributed by atoms with van der Waals surface area (Å²) >= 11 is 5.96. The molecule has 3 rings (SSSR count). The molecule has 0 aliphatic heterocycles. The Balaban J connectivity index is 1.74. The summed E-state index contributed by atoms with van der Waals surface area (Å²) in [4.78, 5) is 0. The molecule has 2 N–H and O–H groups in total. The van der Waals surface area contributed by atoms with Crippen molar-refractivity contribution in [1.82, 2.24) is 0 Å². The van der Waals surface area contributed by atoms with Crippen LogP contribution in [0.5, 0.6) is 0 Å². The molecule has 2 nitrogen and oxygen atoms in total. The monoisotopic (exact) mass is 248 g/mol. The lowest BCUT2D eigenvalue weighted by Crippen LogP contribution is -2.84. The normalized spacial score (nSPS) is 15.1. The van der Waals surface area contributed by atoms with Gasteiger partial charge in [-0.1, -0.05) is 23.7 Å². The molecule has 3 heteroatoms. The summed E-state index contributed by atoms with van der Waals surface area (Å²) < 4.78 is 5.81. The molecule has 1 aliphatic rings. The molecule has 88 valence electrons. The minimum atomic E-state index is 0.741. The van der Waals surface area contributed by atoms with Crippen molar-refractivity contribution in [2.75, 3.05) is 0 Å². The van der Waals surface area contributed by atoms with Crippen molar-refractivity contribution in [3.63, 3.8) is 0 Å². The molecule has 0 atom stereocenters. The summed E-state index contributed by atoms with van der Waals surface area (Å²) in [7, 11) is 0. The molecule has 1 fully saturated rings. The van der Waals surface area contributed by atoms with Crippen LogP contribution in [0.3, 0.4) is 0 Å². The van der Waals surface area contributed by atoms with Crippen molar-refractivity contribution in [1.29, 1.82) is 0 Å². The Labute approximate surface area is 106 Å². The molecular weight excluding hydrogens is 234 g/mol. The number of quaternary nitrogens is 1. The molecule has 0 bridgehead atoms. The number of furan rings is 1. The van der Waals surface area contributed by atoms with Gasteiger partial charge >= 0.3 is 0 Å². The first-order valence-corrected chi connectivity index (χ1v) is 6.37. The summed E-state index contributed by atoms with van der Waals surface area (Å²) in [6, 6.07) is 12.6. The van der Waals surface area contributed by atoms with E-state index >= 15 is 0 Å². The molecule has 1 saturated carbocycles. The second kappa shape index (κ2) is 4.55. The molecule has 0 saturated heterocycles. The molecule has 1 aromatic carbocycles. The lowest BCUT2D eigenvalue weighted by molar-refractivity contribution is -0.685. The number of hydrogen-bond donors (Lipinski definition) is 1. The smallest absolute Gasteiger partial charge is 0.158 e. The van der Waals surface area contributed by atoms with Gasteiger partial charge in [0, 0.05) is 23.4 Å². The lowest BCUT2D eigenvalue weighted by Gasteiger charge is -1.98. The van der Waals surface area contributed by atoms with E-state index in [1.54, 1.807) is 0 Å². The van der Waals surface area contributed by atoms with Gasteiger partial charge in [0.25, 0.3) is 0 Å². The highest BCUT2D eigenvalue weighted by Gasteiger charge is 2.25. The van der Waals surface area contributed by atoms with E-state index in [1.807, 2.05) is 30.3 Å². The zero-order valence-electron chi connectivity index (χ0n) is 9.53. The predicted octanol–water partition coefficient (Wildman–Crippen LogP) is 2.83. The fourth-order valence-electron chi connectivity index (χ4n) is 1.90. The molecule has 17 heavy (non-hydrogen) atoms. The van der Waals surface area contributed by atoms with Crippen LogP contribution in [0.25, 0.3) is 11.3 Å². The Kier molecular flexibility index (Phi) is 2.91. The van der Waals surface area contributed by atoms with E-state index in [1.165, 1.54) is 12.8 Å². The van der Waals surface area contributed by atoms with Gasteiger partial charge in [0.2, 0.25) is 0 Å². The third kappa shape index (κ3) is 2.71. The minimum absolute atomic E-state index is 0.741. The van der Waals surface area contributed by atoms with E-state index in [2.05, 4.69) is 11.4 Å². The Bertz CT molecular complexity index is 516. The number of benzene rings is 1. The van der Waals surface area contributed by atoms with Gasteiger partial charge in [0.05, 0.1) is 6.04 Å². The number of hydrogen-bond acceptors (Lipinski definition) is 1. The maximum absolute atomic E-state index is 5.96.